The standard InChI is InChI=1S/C25H23ClN2O/c26-23-15-19(18-7-2-1-3-8-18)12-13-22(23)25(29)28-17-21-10-6-14-27(21)16-20-9-4-5-11-24(20)28/h4-7,9-15H,1-3,8,16-17H2. The Bertz CT molecular complexity index is 1110. The van der Waals surface area contributed by atoms with Crippen LogP contribution in [-0.2, 0) is 13.1 Å². The molecule has 3 aromatic rings. The molecule has 29 heavy (non-hydrogen) atoms. The van der Waals surface area contributed by atoms with E-state index in [4.69, 9.17) is 11.6 Å². The molecule has 0 saturated heterocycles. The Morgan fingerprint density at radius 2 is 1.86 bits per heavy atom. The Balaban J connectivity index is 1.52. The Kier molecular flexibility index (Phi) is 4.76. The number of halogens is 1. The van der Waals surface area contributed by atoms with E-state index in [2.05, 4.69) is 29.0 Å². The molecule has 0 N–H and O–H groups in total. The lowest BCUT2D eigenvalue weighted by Crippen LogP contribution is -2.30. The van der Waals surface area contributed by atoms with E-state index in [0.29, 0.717) is 17.1 Å². The van der Waals surface area contributed by atoms with E-state index >= 15 is 0 Å². The highest BCUT2D eigenvalue weighted by Gasteiger charge is 2.26. The molecule has 0 unspecified atom stereocenters. The maximum atomic E-state index is 13.6. The fraction of sp³-hybridized carbons (Fsp3) is 0.240. The number of fused-ring (bicyclic) bond motifs is 2. The number of nitrogens with zero attached hydrogens (tertiary/aromatic N) is 2. The zero-order valence-electron chi connectivity index (χ0n) is 16.3. The van der Waals surface area contributed by atoms with Crippen molar-refractivity contribution in [3.8, 4) is 0 Å². The molecule has 146 valence electrons. The number of allylic oxidation sites excluding steroid dienone is 2. The van der Waals surface area contributed by atoms with Gasteiger partial charge in [-0.15, -0.1) is 0 Å². The van der Waals surface area contributed by atoms with Gasteiger partial charge in [0.2, 0.25) is 0 Å². The smallest absolute Gasteiger partial charge is 0.260 e. The number of amides is 1. The minimum Gasteiger partial charge on any atom is -0.345 e. The molecule has 0 saturated carbocycles. The molecular formula is C25H23ClN2O. The summed E-state index contributed by atoms with van der Waals surface area (Å²) in [5.74, 6) is -0.0544. The lowest BCUT2D eigenvalue weighted by atomic mass is 9.93. The summed E-state index contributed by atoms with van der Waals surface area (Å²) >= 11 is 6.63. The topological polar surface area (TPSA) is 25.2 Å². The summed E-state index contributed by atoms with van der Waals surface area (Å²) in [5, 5.41) is 0.524. The Morgan fingerprint density at radius 1 is 0.966 bits per heavy atom. The average molecular weight is 403 g/mol. The number of anilines is 1. The van der Waals surface area contributed by atoms with Crippen molar-refractivity contribution in [1.82, 2.24) is 4.57 Å². The SMILES string of the molecule is O=C(c1ccc(C2=CCCCC2)cc1Cl)N1Cc2cccn2Cc2ccccc21. The second-order valence-corrected chi connectivity index (χ2v) is 8.22. The summed E-state index contributed by atoms with van der Waals surface area (Å²) in [6, 6.07) is 18.1. The Hall–Kier alpha value is -2.78. The van der Waals surface area contributed by atoms with Gasteiger partial charge in [0.1, 0.15) is 0 Å². The van der Waals surface area contributed by atoms with Gasteiger partial charge in [-0.1, -0.05) is 41.9 Å². The second-order valence-electron chi connectivity index (χ2n) is 7.82. The van der Waals surface area contributed by atoms with Gasteiger partial charge in [-0.25, -0.2) is 0 Å². The number of rotatable bonds is 2. The number of carbonyl (C=O) groups excluding carboxylic acids is 1. The maximum Gasteiger partial charge on any atom is 0.260 e. The first-order chi connectivity index (χ1) is 14.2. The molecule has 1 aliphatic heterocycles. The van der Waals surface area contributed by atoms with Gasteiger partial charge in [-0.05, 0) is 72.7 Å². The van der Waals surface area contributed by atoms with Crippen molar-refractivity contribution >= 4 is 28.8 Å². The molecular weight excluding hydrogens is 380 g/mol. The zero-order chi connectivity index (χ0) is 19.8. The van der Waals surface area contributed by atoms with Gasteiger partial charge in [-0.3, -0.25) is 4.79 Å². The highest BCUT2D eigenvalue weighted by atomic mass is 35.5. The molecule has 1 aliphatic carbocycles. The van der Waals surface area contributed by atoms with Crippen LogP contribution in [0.3, 0.4) is 0 Å². The van der Waals surface area contributed by atoms with Crippen molar-refractivity contribution in [1.29, 1.82) is 0 Å². The van der Waals surface area contributed by atoms with Crippen molar-refractivity contribution in [3.63, 3.8) is 0 Å². The van der Waals surface area contributed by atoms with E-state index in [9.17, 15) is 4.79 Å². The first-order valence-corrected chi connectivity index (χ1v) is 10.6. The normalized spacial score (nSPS) is 15.9. The summed E-state index contributed by atoms with van der Waals surface area (Å²) < 4.78 is 2.20. The molecule has 1 aromatic heterocycles. The van der Waals surface area contributed by atoms with Gasteiger partial charge in [0, 0.05) is 24.1 Å². The highest BCUT2D eigenvalue weighted by molar-refractivity contribution is 6.34. The average Bonchev–Trinajstić information content (AvgIpc) is 3.13. The number of aromatic nitrogens is 1. The van der Waals surface area contributed by atoms with Crippen molar-refractivity contribution in [3.05, 3.63) is 94.3 Å². The Morgan fingerprint density at radius 3 is 2.69 bits per heavy atom. The van der Waals surface area contributed by atoms with Crippen LogP contribution in [0.1, 0.15) is 52.9 Å². The van der Waals surface area contributed by atoms with Crippen LogP contribution in [0.4, 0.5) is 5.69 Å². The van der Waals surface area contributed by atoms with E-state index in [1.54, 1.807) is 0 Å². The molecule has 5 rings (SSSR count). The van der Waals surface area contributed by atoms with Gasteiger partial charge in [0.15, 0.2) is 0 Å². The third-order valence-corrected chi connectivity index (χ3v) is 6.29. The quantitative estimate of drug-likeness (QED) is 0.493. The summed E-state index contributed by atoms with van der Waals surface area (Å²) in [7, 11) is 0. The summed E-state index contributed by atoms with van der Waals surface area (Å²) in [5.41, 5.74) is 6.25. The van der Waals surface area contributed by atoms with Gasteiger partial charge >= 0.3 is 0 Å². The van der Waals surface area contributed by atoms with Crippen LogP contribution in [0.25, 0.3) is 5.57 Å². The van der Waals surface area contributed by atoms with Gasteiger partial charge in [0.25, 0.3) is 5.91 Å². The number of hydrogen-bond acceptors (Lipinski definition) is 1. The van der Waals surface area contributed by atoms with Crippen molar-refractivity contribution in [2.75, 3.05) is 4.90 Å². The molecule has 0 spiro atoms. The second kappa shape index (κ2) is 7.57. The zero-order valence-corrected chi connectivity index (χ0v) is 17.0. The number of carbonyl (C=O) groups is 1. The molecule has 2 heterocycles. The number of para-hydroxylation sites is 1. The van der Waals surface area contributed by atoms with Crippen LogP contribution < -0.4 is 4.90 Å². The molecule has 1 amide bonds. The van der Waals surface area contributed by atoms with E-state index < -0.39 is 0 Å². The van der Waals surface area contributed by atoms with Crippen LogP contribution in [0.5, 0.6) is 0 Å². The summed E-state index contributed by atoms with van der Waals surface area (Å²) in [6.07, 6.45) is 9.05. The fourth-order valence-electron chi connectivity index (χ4n) is 4.40. The molecule has 0 fully saturated rings. The van der Waals surface area contributed by atoms with E-state index in [1.165, 1.54) is 18.4 Å². The van der Waals surface area contributed by atoms with E-state index in [-0.39, 0.29) is 5.91 Å². The minimum absolute atomic E-state index is 0.0544. The fourth-order valence-corrected chi connectivity index (χ4v) is 4.66. The molecule has 0 atom stereocenters. The van der Waals surface area contributed by atoms with Crippen molar-refractivity contribution in [2.45, 2.75) is 38.8 Å². The van der Waals surface area contributed by atoms with Crippen LogP contribution in [-0.4, -0.2) is 10.5 Å². The third kappa shape index (κ3) is 3.40. The van der Waals surface area contributed by atoms with Crippen LogP contribution in [0.15, 0.2) is 66.9 Å². The third-order valence-electron chi connectivity index (χ3n) is 5.97. The maximum absolute atomic E-state index is 13.6. The largest absolute Gasteiger partial charge is 0.345 e. The molecule has 3 nitrogen and oxygen atoms in total. The lowest BCUT2D eigenvalue weighted by molar-refractivity contribution is 0.0985. The minimum atomic E-state index is -0.0544. The molecule has 4 heteroatoms. The van der Waals surface area contributed by atoms with Crippen LogP contribution in [0.2, 0.25) is 5.02 Å². The van der Waals surface area contributed by atoms with E-state index in [0.717, 1.165) is 41.9 Å². The van der Waals surface area contributed by atoms with Crippen LogP contribution in [0, 0.1) is 0 Å². The van der Waals surface area contributed by atoms with Gasteiger partial charge in [0.05, 0.1) is 17.1 Å². The Labute approximate surface area is 176 Å². The molecule has 0 bridgehead atoms. The highest BCUT2D eigenvalue weighted by Crippen LogP contribution is 2.33. The molecule has 2 aromatic carbocycles. The summed E-state index contributed by atoms with van der Waals surface area (Å²) in [6.45, 7) is 1.30. The van der Waals surface area contributed by atoms with Gasteiger partial charge in [-0.2, -0.15) is 0 Å². The molecule has 0 radical (unpaired) electrons. The monoisotopic (exact) mass is 402 g/mol. The first kappa shape index (κ1) is 18.3. The predicted octanol–water partition coefficient (Wildman–Crippen LogP) is 6.31. The predicted molar refractivity (Wildman–Crippen MR) is 118 cm³/mol. The molecule has 2 aliphatic rings. The first-order valence-electron chi connectivity index (χ1n) is 10.2. The van der Waals surface area contributed by atoms with Crippen molar-refractivity contribution in [2.24, 2.45) is 0 Å². The summed E-state index contributed by atoms with van der Waals surface area (Å²) in [4.78, 5) is 15.4. The van der Waals surface area contributed by atoms with Gasteiger partial charge < -0.3 is 9.47 Å². The van der Waals surface area contributed by atoms with E-state index in [1.807, 2.05) is 47.4 Å². The van der Waals surface area contributed by atoms with Crippen LogP contribution >= 0.6 is 11.6 Å². The van der Waals surface area contributed by atoms with Crippen molar-refractivity contribution < 1.29 is 4.79 Å². The number of hydrogen-bond donors (Lipinski definition) is 0. The lowest BCUT2D eigenvalue weighted by Gasteiger charge is -2.23. The number of benzene rings is 2.